The minimum atomic E-state index is -0.582. The summed E-state index contributed by atoms with van der Waals surface area (Å²) in [6.07, 6.45) is 1.31. The van der Waals surface area contributed by atoms with Gasteiger partial charge in [0.05, 0.1) is 24.7 Å². The summed E-state index contributed by atoms with van der Waals surface area (Å²) in [5, 5.41) is 11.7. The lowest BCUT2D eigenvalue weighted by Gasteiger charge is -2.30. The maximum Gasteiger partial charge on any atom is 0.286 e. The Labute approximate surface area is 190 Å². The molecule has 1 aliphatic heterocycles. The molecule has 0 radical (unpaired) electrons. The van der Waals surface area contributed by atoms with Crippen molar-refractivity contribution >= 4 is 22.7 Å². The van der Waals surface area contributed by atoms with E-state index in [1.54, 1.807) is 4.90 Å². The summed E-state index contributed by atoms with van der Waals surface area (Å²) in [5.41, 5.74) is 1.19. The molecule has 2 heterocycles. The molecule has 1 aliphatic rings. The summed E-state index contributed by atoms with van der Waals surface area (Å²) >= 11 is 0. The highest BCUT2D eigenvalue weighted by molar-refractivity contribution is 5.99. The maximum atomic E-state index is 13.2. The molecular formula is C23H25N3O7. The first kappa shape index (κ1) is 22.5. The molecule has 0 N–H and O–H groups in total. The number of methoxy groups -OCH3 is 2. The van der Waals surface area contributed by atoms with Crippen LogP contribution in [-0.4, -0.2) is 61.2 Å². The lowest BCUT2D eigenvalue weighted by Crippen LogP contribution is -2.38. The molecule has 0 unspecified atom stereocenters. The van der Waals surface area contributed by atoms with Crippen LogP contribution in [0.1, 0.15) is 35.0 Å². The van der Waals surface area contributed by atoms with Gasteiger partial charge in [-0.25, -0.2) is 4.98 Å². The van der Waals surface area contributed by atoms with E-state index in [2.05, 4.69) is 4.98 Å². The largest absolute Gasteiger partial charge is 0.493 e. The van der Waals surface area contributed by atoms with Gasteiger partial charge in [0.15, 0.2) is 23.0 Å². The van der Waals surface area contributed by atoms with Gasteiger partial charge in [0.25, 0.3) is 11.6 Å². The maximum absolute atomic E-state index is 13.2. The van der Waals surface area contributed by atoms with Crippen LogP contribution in [0.4, 0.5) is 5.69 Å². The van der Waals surface area contributed by atoms with Gasteiger partial charge < -0.3 is 23.5 Å². The van der Waals surface area contributed by atoms with E-state index in [-0.39, 0.29) is 35.3 Å². The van der Waals surface area contributed by atoms with Crippen molar-refractivity contribution in [3.63, 3.8) is 0 Å². The number of piperidine rings is 1. The number of carbonyl (C=O) groups is 1. The van der Waals surface area contributed by atoms with E-state index >= 15 is 0 Å². The molecule has 0 spiro atoms. The van der Waals surface area contributed by atoms with Gasteiger partial charge in [0, 0.05) is 32.2 Å². The van der Waals surface area contributed by atoms with Crippen LogP contribution in [-0.2, 0) is 4.74 Å². The number of likely N-dealkylation sites (tertiary alicyclic amines) is 1. The average Bonchev–Trinajstić information content (AvgIpc) is 3.28. The smallest absolute Gasteiger partial charge is 0.286 e. The normalized spacial score (nSPS) is 14.4. The van der Waals surface area contributed by atoms with Crippen LogP contribution in [0.25, 0.3) is 11.1 Å². The molecule has 1 saturated heterocycles. The minimum Gasteiger partial charge on any atom is -0.493 e. The molecule has 1 aromatic heterocycles. The summed E-state index contributed by atoms with van der Waals surface area (Å²) in [6.45, 7) is 1.38. The van der Waals surface area contributed by atoms with E-state index in [1.165, 1.54) is 26.4 Å². The monoisotopic (exact) mass is 455 g/mol. The van der Waals surface area contributed by atoms with Crippen LogP contribution >= 0.6 is 0 Å². The van der Waals surface area contributed by atoms with Gasteiger partial charge in [0.2, 0.25) is 0 Å². The summed E-state index contributed by atoms with van der Waals surface area (Å²) < 4.78 is 21.7. The van der Waals surface area contributed by atoms with Crippen molar-refractivity contribution in [1.29, 1.82) is 0 Å². The van der Waals surface area contributed by atoms with Gasteiger partial charge in [-0.3, -0.25) is 14.9 Å². The zero-order valence-corrected chi connectivity index (χ0v) is 18.5. The Morgan fingerprint density at radius 3 is 2.61 bits per heavy atom. The predicted octanol–water partition coefficient (Wildman–Crippen LogP) is 3.79. The Morgan fingerprint density at radius 2 is 1.94 bits per heavy atom. The third-order valence-electron chi connectivity index (χ3n) is 5.70. The van der Waals surface area contributed by atoms with Crippen molar-refractivity contribution in [3.05, 3.63) is 58.0 Å². The fraction of sp³-hybridized carbons (Fsp3) is 0.391. The zero-order chi connectivity index (χ0) is 23.4. The zero-order valence-electron chi connectivity index (χ0n) is 18.5. The van der Waals surface area contributed by atoms with E-state index < -0.39 is 10.8 Å². The predicted molar refractivity (Wildman–Crippen MR) is 119 cm³/mol. The first-order chi connectivity index (χ1) is 16.0. The number of nitro benzene ring substituents is 1. The Bertz CT molecular complexity index is 1120. The molecule has 1 amide bonds. The van der Waals surface area contributed by atoms with Gasteiger partial charge in [-0.2, -0.15) is 0 Å². The summed E-state index contributed by atoms with van der Waals surface area (Å²) in [6, 6.07) is 10.2. The number of hydrogen-bond donors (Lipinski definition) is 0. The van der Waals surface area contributed by atoms with Crippen LogP contribution in [0.2, 0.25) is 0 Å². The molecular weight excluding hydrogens is 430 g/mol. The van der Waals surface area contributed by atoms with Crippen molar-refractivity contribution in [2.24, 2.45) is 0 Å². The van der Waals surface area contributed by atoms with Gasteiger partial charge in [-0.05, 0) is 25.0 Å². The molecule has 0 aliphatic carbocycles. The van der Waals surface area contributed by atoms with E-state index in [0.29, 0.717) is 38.4 Å². The van der Waals surface area contributed by atoms with Gasteiger partial charge in [-0.15, -0.1) is 0 Å². The number of aromatic nitrogens is 1. The number of para-hydroxylation sites is 2. The van der Waals surface area contributed by atoms with Gasteiger partial charge in [0.1, 0.15) is 17.7 Å². The van der Waals surface area contributed by atoms with Crippen molar-refractivity contribution in [2.75, 3.05) is 40.5 Å². The molecule has 33 heavy (non-hydrogen) atoms. The first-order valence-electron chi connectivity index (χ1n) is 10.6. The molecule has 2 aromatic carbocycles. The number of carbonyl (C=O) groups excluding carboxylic acids is 1. The first-order valence-corrected chi connectivity index (χ1v) is 10.6. The molecule has 3 aromatic rings. The van der Waals surface area contributed by atoms with Gasteiger partial charge in [-0.1, -0.05) is 12.1 Å². The highest BCUT2D eigenvalue weighted by Gasteiger charge is 2.32. The second kappa shape index (κ2) is 9.86. The molecule has 0 saturated carbocycles. The number of oxazole rings is 1. The second-order valence-corrected chi connectivity index (χ2v) is 7.70. The molecule has 10 nitrogen and oxygen atoms in total. The number of hydrogen-bond acceptors (Lipinski definition) is 8. The van der Waals surface area contributed by atoms with Crippen LogP contribution in [0.5, 0.6) is 11.5 Å². The Kier molecular flexibility index (Phi) is 6.74. The highest BCUT2D eigenvalue weighted by atomic mass is 16.6. The number of amides is 1. The Hall–Kier alpha value is -3.66. The molecule has 10 heteroatoms. The van der Waals surface area contributed by atoms with Crippen LogP contribution in [0, 0.1) is 10.1 Å². The number of nitro groups is 1. The van der Waals surface area contributed by atoms with Crippen LogP contribution in [0.15, 0.2) is 40.8 Å². The molecule has 1 fully saturated rings. The van der Waals surface area contributed by atoms with E-state index in [9.17, 15) is 14.9 Å². The van der Waals surface area contributed by atoms with Crippen molar-refractivity contribution in [2.45, 2.75) is 18.8 Å². The van der Waals surface area contributed by atoms with E-state index in [4.69, 9.17) is 18.6 Å². The van der Waals surface area contributed by atoms with Crippen LogP contribution < -0.4 is 9.47 Å². The summed E-state index contributed by atoms with van der Waals surface area (Å²) in [5.74, 6) is 0.768. The van der Waals surface area contributed by atoms with Crippen LogP contribution in [0.3, 0.4) is 0 Å². The third-order valence-corrected chi connectivity index (χ3v) is 5.70. The fourth-order valence-corrected chi connectivity index (χ4v) is 3.94. The summed E-state index contributed by atoms with van der Waals surface area (Å²) in [7, 11) is 2.95. The Balaban J connectivity index is 1.51. The minimum absolute atomic E-state index is 0.0312. The van der Waals surface area contributed by atoms with E-state index in [1.807, 2.05) is 24.3 Å². The van der Waals surface area contributed by atoms with Crippen molar-refractivity contribution in [1.82, 2.24) is 9.88 Å². The fourth-order valence-electron chi connectivity index (χ4n) is 3.94. The van der Waals surface area contributed by atoms with Gasteiger partial charge >= 0.3 is 0 Å². The Morgan fingerprint density at radius 1 is 1.18 bits per heavy atom. The lowest BCUT2D eigenvalue weighted by atomic mass is 9.96. The number of fused-ring (bicyclic) bond motifs is 1. The second-order valence-electron chi connectivity index (χ2n) is 7.70. The molecule has 174 valence electrons. The highest BCUT2D eigenvalue weighted by Crippen LogP contribution is 2.37. The number of rotatable bonds is 8. The van der Waals surface area contributed by atoms with E-state index in [0.717, 1.165) is 11.1 Å². The van der Waals surface area contributed by atoms with Crippen molar-refractivity contribution < 1.29 is 28.3 Å². The number of ether oxygens (including phenoxy) is 3. The quantitative estimate of drug-likeness (QED) is 0.286. The molecule has 0 atom stereocenters. The number of nitrogens with zero attached hydrogens (tertiary/aromatic N) is 3. The van der Waals surface area contributed by atoms with Crippen molar-refractivity contribution in [3.8, 4) is 11.5 Å². The molecule has 0 bridgehead atoms. The average molecular weight is 455 g/mol. The molecule has 4 rings (SSSR count). The SMILES string of the molecule is COCCOc1cc([N+](=O)[O-])c(C(=O)N2CCC(c3nc4ccccc4o3)CC2)cc1OC. The third kappa shape index (κ3) is 4.75. The topological polar surface area (TPSA) is 117 Å². The lowest BCUT2D eigenvalue weighted by molar-refractivity contribution is -0.385. The standard InChI is InChI=1S/C23H25N3O7/c1-30-11-12-32-21-14-18(26(28)29)16(13-20(21)31-2)23(27)25-9-7-15(8-10-25)22-24-17-5-3-4-6-19(17)33-22/h3-6,13-15H,7-12H2,1-2H3. The summed E-state index contributed by atoms with van der Waals surface area (Å²) in [4.78, 5) is 30.5. The number of benzene rings is 2.